The average Bonchev–Trinajstić information content (AvgIpc) is 2.77. The lowest BCUT2D eigenvalue weighted by Crippen LogP contribution is -2.51. The molecular weight excluding hydrogens is 294 g/mol. The van der Waals surface area contributed by atoms with Crippen molar-refractivity contribution in [3.8, 4) is 0 Å². The first kappa shape index (κ1) is 16.2. The molecule has 2 heteroatoms. The van der Waals surface area contributed by atoms with Gasteiger partial charge >= 0.3 is 0 Å². The fourth-order valence-electron chi connectivity index (χ4n) is 6.28. The molecule has 4 rings (SSSR count). The molecule has 3 aliphatic rings. The molecule has 1 aromatic carbocycles. The SMILES string of the molecule is C[C@@H]1C[C@@H]2C[C@H](C)CC(C(=O)N3CC(C)(C)c4ccccc43)(C1)C2. The molecule has 130 valence electrons. The van der Waals surface area contributed by atoms with Gasteiger partial charge in [0.2, 0.25) is 5.91 Å². The monoisotopic (exact) mass is 325 g/mol. The second kappa shape index (κ2) is 5.34. The van der Waals surface area contributed by atoms with E-state index in [4.69, 9.17) is 0 Å². The number of anilines is 1. The van der Waals surface area contributed by atoms with Gasteiger partial charge in [0, 0.05) is 17.6 Å². The summed E-state index contributed by atoms with van der Waals surface area (Å²) in [7, 11) is 0. The molecule has 0 saturated heterocycles. The van der Waals surface area contributed by atoms with Crippen molar-refractivity contribution in [2.75, 3.05) is 11.4 Å². The number of hydrogen-bond donors (Lipinski definition) is 0. The van der Waals surface area contributed by atoms with E-state index >= 15 is 0 Å². The molecule has 2 aliphatic carbocycles. The van der Waals surface area contributed by atoms with Crippen molar-refractivity contribution in [2.24, 2.45) is 23.2 Å². The highest BCUT2D eigenvalue weighted by Crippen LogP contribution is 2.55. The normalized spacial score (nSPS) is 37.2. The second-order valence-corrected chi connectivity index (χ2v) is 9.73. The van der Waals surface area contributed by atoms with E-state index in [1.807, 2.05) is 0 Å². The zero-order valence-electron chi connectivity index (χ0n) is 15.6. The van der Waals surface area contributed by atoms with Crippen molar-refractivity contribution >= 4 is 11.6 Å². The molecule has 24 heavy (non-hydrogen) atoms. The van der Waals surface area contributed by atoms with Gasteiger partial charge in [-0.2, -0.15) is 0 Å². The lowest BCUT2D eigenvalue weighted by Gasteiger charge is -2.50. The van der Waals surface area contributed by atoms with Crippen LogP contribution >= 0.6 is 0 Å². The van der Waals surface area contributed by atoms with Crippen LogP contribution in [0.25, 0.3) is 0 Å². The molecule has 0 N–H and O–H groups in total. The summed E-state index contributed by atoms with van der Waals surface area (Å²) in [4.78, 5) is 15.9. The third-order valence-corrected chi connectivity index (χ3v) is 6.81. The molecule has 0 spiro atoms. The first-order chi connectivity index (χ1) is 11.3. The largest absolute Gasteiger partial charge is 0.311 e. The van der Waals surface area contributed by atoms with Crippen LogP contribution < -0.4 is 4.90 Å². The standard InChI is InChI=1S/C22H31NO/c1-15-9-17-10-16(2)12-22(11-15,13-17)20(24)23-14-21(3,4)18-7-5-6-8-19(18)23/h5-8,15-17H,9-14H2,1-4H3/t15-,16+,17-,22?. The van der Waals surface area contributed by atoms with Gasteiger partial charge in [0.05, 0.1) is 5.41 Å². The smallest absolute Gasteiger partial charge is 0.233 e. The minimum absolute atomic E-state index is 0.0584. The van der Waals surface area contributed by atoms with Gasteiger partial charge in [-0.15, -0.1) is 0 Å². The summed E-state index contributed by atoms with van der Waals surface area (Å²) in [5.41, 5.74) is 2.45. The molecular formula is C22H31NO. The number of benzene rings is 1. The van der Waals surface area contributed by atoms with Gasteiger partial charge in [0.1, 0.15) is 0 Å². The maximum Gasteiger partial charge on any atom is 0.233 e. The van der Waals surface area contributed by atoms with E-state index in [0.717, 1.165) is 37.4 Å². The molecule has 1 aliphatic heterocycles. The number of nitrogens with zero attached hydrogens (tertiary/aromatic N) is 1. The van der Waals surface area contributed by atoms with Gasteiger partial charge in [0.25, 0.3) is 0 Å². The molecule has 2 saturated carbocycles. The molecule has 1 aromatic rings. The first-order valence-electron chi connectivity index (χ1n) is 9.72. The number of carbonyl (C=O) groups is 1. The Morgan fingerprint density at radius 3 is 2.33 bits per heavy atom. The minimum Gasteiger partial charge on any atom is -0.311 e. The van der Waals surface area contributed by atoms with Gasteiger partial charge in [-0.3, -0.25) is 4.79 Å². The number of hydrogen-bond acceptors (Lipinski definition) is 1. The summed E-state index contributed by atoms with van der Waals surface area (Å²) in [5, 5.41) is 0. The zero-order valence-corrected chi connectivity index (χ0v) is 15.6. The summed E-state index contributed by atoms with van der Waals surface area (Å²) in [6, 6.07) is 8.53. The van der Waals surface area contributed by atoms with E-state index in [1.54, 1.807) is 0 Å². The van der Waals surface area contributed by atoms with Crippen LogP contribution in [-0.2, 0) is 10.2 Å². The molecule has 4 atom stereocenters. The fourth-order valence-corrected chi connectivity index (χ4v) is 6.28. The van der Waals surface area contributed by atoms with Gasteiger partial charge < -0.3 is 4.90 Å². The highest BCUT2D eigenvalue weighted by molar-refractivity contribution is 6.00. The highest BCUT2D eigenvalue weighted by Gasteiger charge is 2.52. The van der Waals surface area contributed by atoms with Crippen LogP contribution in [0.1, 0.15) is 65.4 Å². The predicted octanol–water partition coefficient (Wildman–Crippen LogP) is 5.16. The van der Waals surface area contributed by atoms with Gasteiger partial charge in [-0.1, -0.05) is 45.9 Å². The van der Waals surface area contributed by atoms with Crippen LogP contribution in [-0.4, -0.2) is 12.5 Å². The third kappa shape index (κ3) is 2.41. The Kier molecular flexibility index (Phi) is 3.60. The predicted molar refractivity (Wildman–Crippen MR) is 99.2 cm³/mol. The molecule has 0 aromatic heterocycles. The Morgan fingerprint density at radius 1 is 1.04 bits per heavy atom. The molecule has 1 amide bonds. The van der Waals surface area contributed by atoms with Gasteiger partial charge in [0.15, 0.2) is 0 Å². The number of amides is 1. The van der Waals surface area contributed by atoms with Crippen LogP contribution in [0.15, 0.2) is 24.3 Å². The Bertz CT molecular complexity index is 642. The summed E-state index contributed by atoms with van der Waals surface area (Å²) in [5.74, 6) is 2.55. The summed E-state index contributed by atoms with van der Waals surface area (Å²) < 4.78 is 0. The second-order valence-electron chi connectivity index (χ2n) is 9.73. The quantitative estimate of drug-likeness (QED) is 0.698. The Hall–Kier alpha value is -1.31. The van der Waals surface area contributed by atoms with E-state index in [1.165, 1.54) is 18.4 Å². The number of carbonyl (C=O) groups excluding carboxylic acids is 1. The Labute approximate surface area is 146 Å². The minimum atomic E-state index is -0.104. The Morgan fingerprint density at radius 2 is 1.67 bits per heavy atom. The zero-order chi connectivity index (χ0) is 17.1. The van der Waals surface area contributed by atoms with E-state index in [-0.39, 0.29) is 10.8 Å². The van der Waals surface area contributed by atoms with Crippen LogP contribution in [0.5, 0.6) is 0 Å². The van der Waals surface area contributed by atoms with Crippen LogP contribution in [0.2, 0.25) is 0 Å². The van der Waals surface area contributed by atoms with Crippen LogP contribution in [0.3, 0.4) is 0 Å². The van der Waals surface area contributed by atoms with Crippen LogP contribution in [0.4, 0.5) is 5.69 Å². The molecule has 1 unspecified atom stereocenters. The van der Waals surface area contributed by atoms with E-state index in [0.29, 0.717) is 17.7 Å². The van der Waals surface area contributed by atoms with E-state index < -0.39 is 0 Å². The first-order valence-corrected chi connectivity index (χ1v) is 9.72. The summed E-state index contributed by atoms with van der Waals surface area (Å²) in [6.45, 7) is 10.1. The fraction of sp³-hybridized carbons (Fsp3) is 0.682. The maximum absolute atomic E-state index is 13.8. The molecule has 2 nitrogen and oxygen atoms in total. The molecule has 2 bridgehead atoms. The van der Waals surface area contributed by atoms with Crippen LogP contribution in [0, 0.1) is 23.2 Å². The van der Waals surface area contributed by atoms with Crippen molar-refractivity contribution in [3.05, 3.63) is 29.8 Å². The Balaban J connectivity index is 1.71. The van der Waals surface area contributed by atoms with Crippen molar-refractivity contribution in [1.29, 1.82) is 0 Å². The lowest BCUT2D eigenvalue weighted by molar-refractivity contribution is -0.136. The van der Waals surface area contributed by atoms with Gasteiger partial charge in [-0.25, -0.2) is 0 Å². The lowest BCUT2D eigenvalue weighted by atomic mass is 9.56. The summed E-state index contributed by atoms with van der Waals surface area (Å²) in [6.07, 6.45) is 5.94. The molecule has 1 heterocycles. The number of rotatable bonds is 1. The molecule has 0 radical (unpaired) electrons. The van der Waals surface area contributed by atoms with Crippen molar-refractivity contribution in [1.82, 2.24) is 0 Å². The summed E-state index contributed by atoms with van der Waals surface area (Å²) >= 11 is 0. The van der Waals surface area contributed by atoms with Crippen molar-refractivity contribution in [3.63, 3.8) is 0 Å². The average molecular weight is 325 g/mol. The highest BCUT2D eigenvalue weighted by atomic mass is 16.2. The molecule has 2 fully saturated rings. The van der Waals surface area contributed by atoms with Crippen molar-refractivity contribution in [2.45, 2.75) is 65.2 Å². The van der Waals surface area contributed by atoms with Gasteiger partial charge in [-0.05, 0) is 61.5 Å². The van der Waals surface area contributed by atoms with Crippen molar-refractivity contribution < 1.29 is 4.79 Å². The topological polar surface area (TPSA) is 20.3 Å². The number of fused-ring (bicyclic) bond motifs is 3. The van der Waals surface area contributed by atoms with E-state index in [2.05, 4.69) is 56.9 Å². The number of para-hydroxylation sites is 1. The van der Waals surface area contributed by atoms with E-state index in [9.17, 15) is 4.79 Å². The maximum atomic E-state index is 13.8. The third-order valence-electron chi connectivity index (χ3n) is 6.81.